The number of rotatable bonds is 2. The largest absolute Gasteiger partial charge is 0.457 e. The summed E-state index contributed by atoms with van der Waals surface area (Å²) in [5.41, 5.74) is 2.94. The molecule has 0 unspecified atom stereocenters. The van der Waals surface area contributed by atoms with Gasteiger partial charge in [0.15, 0.2) is 5.78 Å². The first-order chi connectivity index (χ1) is 12.9. The van der Waals surface area contributed by atoms with Crippen LogP contribution in [0.2, 0.25) is 5.02 Å². The number of carbonyl (C=O) groups is 2. The molecule has 0 aromatic heterocycles. The van der Waals surface area contributed by atoms with Gasteiger partial charge >= 0.3 is 5.97 Å². The van der Waals surface area contributed by atoms with Crippen molar-refractivity contribution >= 4 is 23.4 Å². The average Bonchev–Trinajstić information content (AvgIpc) is 2.51. The smallest absolute Gasteiger partial charge is 0.337 e. The third-order valence-corrected chi connectivity index (χ3v) is 5.31. The van der Waals surface area contributed by atoms with Crippen molar-refractivity contribution in [2.45, 2.75) is 65.9 Å². The monoisotopic (exact) mass is 401 g/mol. The van der Waals surface area contributed by atoms with Crippen molar-refractivity contribution in [3.05, 3.63) is 57.4 Å². The predicted molar refractivity (Wildman–Crippen MR) is 111 cm³/mol. The third-order valence-electron chi connectivity index (χ3n) is 5.06. The molecule has 0 fully saturated rings. The molecule has 0 saturated heterocycles. The number of nitrogens with one attached hydrogen (secondary N) is 1. The SMILES string of the molecule is CC1=C(C(=O)OC(C)(C)C)[C@@H](c2ccc(Cl)cc2)C2=C(CC(C)(C)CC2=O)N1. The molecule has 2 aliphatic rings. The molecule has 28 heavy (non-hydrogen) atoms. The Hall–Kier alpha value is -2.07. The van der Waals surface area contributed by atoms with E-state index >= 15 is 0 Å². The van der Waals surface area contributed by atoms with E-state index < -0.39 is 17.5 Å². The van der Waals surface area contributed by atoms with E-state index in [1.54, 1.807) is 12.1 Å². The minimum absolute atomic E-state index is 0.0762. The Labute approximate surface area is 172 Å². The van der Waals surface area contributed by atoms with Crippen molar-refractivity contribution in [1.29, 1.82) is 0 Å². The topological polar surface area (TPSA) is 55.4 Å². The van der Waals surface area contributed by atoms with E-state index in [-0.39, 0.29) is 11.2 Å². The molecule has 0 saturated carbocycles. The number of esters is 1. The number of halogens is 1. The fourth-order valence-corrected chi connectivity index (χ4v) is 4.15. The van der Waals surface area contributed by atoms with Crippen LogP contribution in [-0.2, 0) is 14.3 Å². The zero-order valence-corrected chi connectivity index (χ0v) is 18.2. The van der Waals surface area contributed by atoms with Gasteiger partial charge in [-0.2, -0.15) is 0 Å². The lowest BCUT2D eigenvalue weighted by Crippen LogP contribution is -2.39. The summed E-state index contributed by atoms with van der Waals surface area (Å²) >= 11 is 6.07. The number of ketones is 1. The Morgan fingerprint density at radius 1 is 1.18 bits per heavy atom. The van der Waals surface area contributed by atoms with Crippen molar-refractivity contribution in [3.8, 4) is 0 Å². The van der Waals surface area contributed by atoms with E-state index in [2.05, 4.69) is 19.2 Å². The average molecular weight is 402 g/mol. The highest BCUT2D eigenvalue weighted by Gasteiger charge is 2.43. The highest BCUT2D eigenvalue weighted by atomic mass is 35.5. The lowest BCUT2D eigenvalue weighted by atomic mass is 9.68. The lowest BCUT2D eigenvalue weighted by Gasteiger charge is -2.39. The van der Waals surface area contributed by atoms with Crippen LogP contribution in [0.4, 0.5) is 0 Å². The van der Waals surface area contributed by atoms with Gasteiger partial charge in [-0.15, -0.1) is 0 Å². The Morgan fingerprint density at radius 2 is 1.79 bits per heavy atom. The summed E-state index contributed by atoms with van der Waals surface area (Å²) in [5, 5.41) is 3.96. The molecule has 1 aromatic rings. The van der Waals surface area contributed by atoms with Gasteiger partial charge in [0.1, 0.15) is 5.60 Å². The number of hydrogen-bond donors (Lipinski definition) is 1. The lowest BCUT2D eigenvalue weighted by molar-refractivity contribution is -0.150. The molecular weight excluding hydrogens is 374 g/mol. The minimum atomic E-state index is -0.623. The van der Waals surface area contributed by atoms with Gasteiger partial charge in [-0.3, -0.25) is 4.79 Å². The zero-order valence-electron chi connectivity index (χ0n) is 17.4. The van der Waals surface area contributed by atoms with Crippen LogP contribution in [0.25, 0.3) is 0 Å². The molecule has 0 spiro atoms. The summed E-state index contributed by atoms with van der Waals surface area (Å²) in [4.78, 5) is 26.3. The third kappa shape index (κ3) is 4.17. The van der Waals surface area contributed by atoms with Crippen LogP contribution < -0.4 is 5.32 Å². The molecule has 1 aliphatic heterocycles. The highest BCUT2D eigenvalue weighted by Crippen LogP contribution is 2.47. The number of benzene rings is 1. The summed E-state index contributed by atoms with van der Waals surface area (Å²) in [7, 11) is 0. The number of Topliss-reactive ketones (excluding diaryl/α,β-unsaturated/α-hetero) is 1. The quantitative estimate of drug-likeness (QED) is 0.684. The van der Waals surface area contributed by atoms with Crippen molar-refractivity contribution in [3.63, 3.8) is 0 Å². The molecule has 1 atom stereocenters. The van der Waals surface area contributed by atoms with Crippen LogP contribution in [0.15, 0.2) is 46.8 Å². The summed E-state index contributed by atoms with van der Waals surface area (Å²) in [6.07, 6.45) is 1.22. The van der Waals surface area contributed by atoms with Gasteiger partial charge in [0, 0.05) is 34.3 Å². The first-order valence-electron chi connectivity index (χ1n) is 9.61. The van der Waals surface area contributed by atoms with E-state index in [1.165, 1.54) is 0 Å². The first kappa shape index (κ1) is 20.7. The Bertz CT molecular complexity index is 885. The van der Waals surface area contributed by atoms with Crippen LogP contribution in [0, 0.1) is 5.41 Å². The van der Waals surface area contributed by atoms with E-state index in [0.29, 0.717) is 22.6 Å². The van der Waals surface area contributed by atoms with Crippen LogP contribution in [0.3, 0.4) is 0 Å². The van der Waals surface area contributed by atoms with E-state index in [1.807, 2.05) is 39.8 Å². The van der Waals surface area contributed by atoms with Gasteiger partial charge in [0.05, 0.1) is 5.57 Å². The zero-order chi connectivity index (χ0) is 20.9. The molecule has 0 radical (unpaired) electrons. The van der Waals surface area contributed by atoms with Crippen molar-refractivity contribution in [2.24, 2.45) is 5.41 Å². The van der Waals surface area contributed by atoms with Gasteiger partial charge in [-0.1, -0.05) is 37.6 Å². The van der Waals surface area contributed by atoms with Crippen LogP contribution in [0.5, 0.6) is 0 Å². The highest BCUT2D eigenvalue weighted by molar-refractivity contribution is 6.30. The molecule has 1 heterocycles. The van der Waals surface area contributed by atoms with Crippen LogP contribution >= 0.6 is 11.6 Å². The van der Waals surface area contributed by atoms with Crippen molar-refractivity contribution in [2.75, 3.05) is 0 Å². The number of allylic oxidation sites excluding steroid dienone is 3. The molecule has 150 valence electrons. The summed E-state index contributed by atoms with van der Waals surface area (Å²) < 4.78 is 5.68. The molecule has 0 amide bonds. The molecule has 4 nitrogen and oxygen atoms in total. The second-order valence-electron chi connectivity index (χ2n) is 9.48. The molecule has 3 rings (SSSR count). The van der Waals surface area contributed by atoms with Crippen LogP contribution in [-0.4, -0.2) is 17.4 Å². The second kappa shape index (κ2) is 7.07. The van der Waals surface area contributed by atoms with Crippen LogP contribution in [0.1, 0.15) is 65.9 Å². The van der Waals surface area contributed by atoms with Gasteiger partial charge < -0.3 is 10.1 Å². The number of ether oxygens (including phenoxy) is 1. The predicted octanol–water partition coefficient (Wildman–Crippen LogP) is 5.29. The van der Waals surface area contributed by atoms with E-state index in [0.717, 1.165) is 23.4 Å². The Kier molecular flexibility index (Phi) is 5.22. The summed E-state index contributed by atoms with van der Waals surface area (Å²) in [5.74, 6) is -0.777. The van der Waals surface area contributed by atoms with Crippen molar-refractivity contribution in [1.82, 2.24) is 5.32 Å². The van der Waals surface area contributed by atoms with E-state index in [4.69, 9.17) is 16.3 Å². The number of dihydropyridines is 1. The maximum absolute atomic E-state index is 13.2. The maximum atomic E-state index is 13.2. The first-order valence-corrected chi connectivity index (χ1v) is 9.99. The molecule has 5 heteroatoms. The molecule has 1 aliphatic carbocycles. The minimum Gasteiger partial charge on any atom is -0.457 e. The molecule has 1 N–H and O–H groups in total. The van der Waals surface area contributed by atoms with Gasteiger partial charge in [-0.25, -0.2) is 4.79 Å². The maximum Gasteiger partial charge on any atom is 0.337 e. The van der Waals surface area contributed by atoms with Gasteiger partial charge in [-0.05, 0) is 57.2 Å². The summed E-state index contributed by atoms with van der Waals surface area (Å²) in [6, 6.07) is 7.35. The van der Waals surface area contributed by atoms with E-state index in [9.17, 15) is 9.59 Å². The summed E-state index contributed by atoms with van der Waals surface area (Å²) in [6.45, 7) is 11.6. The molecule has 0 bridgehead atoms. The normalized spacial score (nSPS) is 22.0. The Morgan fingerprint density at radius 3 is 2.36 bits per heavy atom. The number of carbonyl (C=O) groups excluding carboxylic acids is 2. The van der Waals surface area contributed by atoms with Gasteiger partial charge in [0.25, 0.3) is 0 Å². The number of hydrogen-bond acceptors (Lipinski definition) is 4. The fraction of sp³-hybridized carbons (Fsp3) is 0.478. The fourth-order valence-electron chi connectivity index (χ4n) is 4.03. The molecule has 1 aromatic carbocycles. The van der Waals surface area contributed by atoms with Crippen molar-refractivity contribution < 1.29 is 14.3 Å². The standard InChI is InChI=1S/C23H28ClNO3/c1-13-18(21(27)28-22(2,3)4)19(14-7-9-15(24)10-8-14)20-16(25-13)11-23(5,6)12-17(20)26/h7-10,19,25H,11-12H2,1-6H3/t19-/m1/s1. The second-order valence-corrected chi connectivity index (χ2v) is 9.92. The Balaban J connectivity index is 2.15. The molecular formula is C23H28ClNO3. The van der Waals surface area contributed by atoms with Gasteiger partial charge in [0.2, 0.25) is 0 Å².